The van der Waals surface area contributed by atoms with Gasteiger partial charge in [0.2, 0.25) is 0 Å². The zero-order chi connectivity index (χ0) is 25.3. The van der Waals surface area contributed by atoms with Gasteiger partial charge in [0, 0.05) is 0 Å². The molecular formula is C25H20Cl2N2O5S. The fourth-order valence-electron chi connectivity index (χ4n) is 3.78. The van der Waals surface area contributed by atoms with Gasteiger partial charge in [0.1, 0.15) is 0 Å². The van der Waals surface area contributed by atoms with Crippen molar-refractivity contribution in [3.05, 3.63) is 100 Å². The van der Waals surface area contributed by atoms with E-state index in [1.54, 1.807) is 62.4 Å². The number of rotatable bonds is 5. The third-order valence-electron chi connectivity index (χ3n) is 5.41. The van der Waals surface area contributed by atoms with E-state index >= 15 is 0 Å². The number of esters is 2. The number of halogens is 2. The van der Waals surface area contributed by atoms with Crippen molar-refractivity contribution in [2.45, 2.75) is 19.9 Å². The Morgan fingerprint density at radius 2 is 1.83 bits per heavy atom. The number of thiazole rings is 1. The number of aromatic nitrogens is 1. The van der Waals surface area contributed by atoms with Crippen molar-refractivity contribution in [2.75, 3.05) is 13.7 Å². The van der Waals surface area contributed by atoms with E-state index in [0.29, 0.717) is 41.8 Å². The van der Waals surface area contributed by atoms with Crippen molar-refractivity contribution in [3.63, 3.8) is 0 Å². The Kier molecular flexibility index (Phi) is 7.25. The van der Waals surface area contributed by atoms with Crippen molar-refractivity contribution in [1.29, 1.82) is 0 Å². The lowest BCUT2D eigenvalue weighted by atomic mass is 9.95. The number of hydrogen-bond donors (Lipinski definition) is 0. The van der Waals surface area contributed by atoms with Crippen LogP contribution in [-0.2, 0) is 14.3 Å². The fraction of sp³-hybridized carbons (Fsp3) is 0.200. The smallest absolute Gasteiger partial charge is 0.338 e. The molecule has 7 nitrogen and oxygen atoms in total. The summed E-state index contributed by atoms with van der Waals surface area (Å²) in [5.74, 6) is -1.05. The van der Waals surface area contributed by atoms with Gasteiger partial charge in [0.25, 0.3) is 5.56 Å². The molecule has 35 heavy (non-hydrogen) atoms. The van der Waals surface area contributed by atoms with Gasteiger partial charge in [-0.1, -0.05) is 52.7 Å². The summed E-state index contributed by atoms with van der Waals surface area (Å²) in [5, 5.41) is 0.785. The van der Waals surface area contributed by atoms with Gasteiger partial charge in [-0.2, -0.15) is 0 Å². The second kappa shape index (κ2) is 10.2. The van der Waals surface area contributed by atoms with E-state index in [-0.39, 0.29) is 17.7 Å². The Bertz CT molecular complexity index is 1540. The Labute approximate surface area is 214 Å². The zero-order valence-corrected chi connectivity index (χ0v) is 21.3. The first-order valence-electron chi connectivity index (χ1n) is 10.6. The highest BCUT2D eigenvalue weighted by molar-refractivity contribution is 7.07. The number of carbonyl (C=O) groups is 2. The van der Waals surface area contributed by atoms with Crippen LogP contribution in [0.1, 0.15) is 41.4 Å². The number of methoxy groups -OCH3 is 1. The predicted octanol–water partition coefficient (Wildman–Crippen LogP) is 3.89. The molecule has 2 aromatic carbocycles. The highest BCUT2D eigenvalue weighted by Gasteiger charge is 2.33. The van der Waals surface area contributed by atoms with Crippen LogP contribution in [0.4, 0.5) is 0 Å². The molecule has 0 N–H and O–H groups in total. The standard InChI is InChI=1S/C25H20Cl2N2O5S/c1-4-34-24(32)20-13(2)28-25-29(21(20)15-6-8-16(9-7-15)23(31)33-3)22(30)19(35-25)12-14-5-10-17(26)18(27)11-14/h5-12,21H,4H2,1-3H3. The van der Waals surface area contributed by atoms with Gasteiger partial charge in [0.15, 0.2) is 4.80 Å². The highest BCUT2D eigenvalue weighted by Crippen LogP contribution is 2.31. The van der Waals surface area contributed by atoms with Gasteiger partial charge in [-0.3, -0.25) is 9.36 Å². The molecule has 0 saturated carbocycles. The number of ether oxygens (including phenoxy) is 2. The first-order chi connectivity index (χ1) is 16.7. The summed E-state index contributed by atoms with van der Waals surface area (Å²) in [6, 6.07) is 10.8. The monoisotopic (exact) mass is 530 g/mol. The molecule has 0 amide bonds. The average molecular weight is 531 g/mol. The Morgan fingerprint density at radius 3 is 2.46 bits per heavy atom. The van der Waals surface area contributed by atoms with Crippen LogP contribution in [0.25, 0.3) is 6.08 Å². The average Bonchev–Trinajstić information content (AvgIpc) is 3.14. The quantitative estimate of drug-likeness (QED) is 0.467. The first-order valence-corrected chi connectivity index (χ1v) is 12.2. The van der Waals surface area contributed by atoms with Gasteiger partial charge in [-0.15, -0.1) is 0 Å². The van der Waals surface area contributed by atoms with Gasteiger partial charge in [-0.25, -0.2) is 14.6 Å². The number of hydrogen-bond acceptors (Lipinski definition) is 7. The van der Waals surface area contributed by atoms with Crippen LogP contribution in [0, 0.1) is 0 Å². The highest BCUT2D eigenvalue weighted by atomic mass is 35.5. The maximum absolute atomic E-state index is 13.6. The van der Waals surface area contributed by atoms with Crippen LogP contribution in [0.15, 0.2) is 63.5 Å². The van der Waals surface area contributed by atoms with E-state index < -0.39 is 18.0 Å². The lowest BCUT2D eigenvalue weighted by Gasteiger charge is -2.24. The number of fused-ring (bicyclic) bond motifs is 1. The lowest BCUT2D eigenvalue weighted by molar-refractivity contribution is -0.139. The Morgan fingerprint density at radius 1 is 1.11 bits per heavy atom. The van der Waals surface area contributed by atoms with Gasteiger partial charge < -0.3 is 9.47 Å². The third-order valence-corrected chi connectivity index (χ3v) is 7.13. The van der Waals surface area contributed by atoms with E-state index in [1.807, 2.05) is 0 Å². The molecule has 4 rings (SSSR count). The molecule has 2 heterocycles. The second-order valence-corrected chi connectivity index (χ2v) is 9.41. The Hall–Kier alpha value is -3.20. The summed E-state index contributed by atoms with van der Waals surface area (Å²) in [5.41, 5.74) is 2.05. The molecule has 1 aliphatic rings. The van der Waals surface area contributed by atoms with Crippen LogP contribution in [0.2, 0.25) is 10.0 Å². The van der Waals surface area contributed by atoms with Crippen molar-refractivity contribution >= 4 is 52.6 Å². The molecule has 1 unspecified atom stereocenters. The van der Waals surface area contributed by atoms with Crippen LogP contribution in [0.5, 0.6) is 0 Å². The molecular weight excluding hydrogens is 511 g/mol. The van der Waals surface area contributed by atoms with Gasteiger partial charge in [-0.05, 0) is 55.3 Å². The SMILES string of the molecule is CCOC(=O)C1=C(C)N=c2sc(=Cc3ccc(Cl)c(Cl)c3)c(=O)n2C1c1ccc(C(=O)OC)cc1. The predicted molar refractivity (Wildman–Crippen MR) is 135 cm³/mol. The molecule has 1 aromatic heterocycles. The summed E-state index contributed by atoms with van der Waals surface area (Å²) in [6.07, 6.45) is 1.70. The number of nitrogens with zero attached hydrogens (tertiary/aromatic N) is 2. The molecule has 180 valence electrons. The minimum atomic E-state index is -0.784. The molecule has 0 aliphatic carbocycles. The van der Waals surface area contributed by atoms with Crippen LogP contribution in [0.3, 0.4) is 0 Å². The molecule has 1 atom stereocenters. The van der Waals surface area contributed by atoms with E-state index in [0.717, 1.165) is 0 Å². The summed E-state index contributed by atoms with van der Waals surface area (Å²) in [6.45, 7) is 3.59. The van der Waals surface area contributed by atoms with E-state index in [2.05, 4.69) is 4.99 Å². The largest absolute Gasteiger partial charge is 0.465 e. The molecule has 0 spiro atoms. The first kappa shape index (κ1) is 24.9. The zero-order valence-electron chi connectivity index (χ0n) is 19.0. The molecule has 3 aromatic rings. The maximum Gasteiger partial charge on any atom is 0.338 e. The van der Waals surface area contributed by atoms with E-state index in [9.17, 15) is 14.4 Å². The van der Waals surface area contributed by atoms with Gasteiger partial charge in [0.05, 0.1) is 51.2 Å². The topological polar surface area (TPSA) is 87.0 Å². The van der Waals surface area contributed by atoms with Crippen molar-refractivity contribution in [3.8, 4) is 0 Å². The van der Waals surface area contributed by atoms with Crippen molar-refractivity contribution in [1.82, 2.24) is 4.57 Å². The minimum absolute atomic E-state index is 0.172. The third kappa shape index (κ3) is 4.82. The van der Waals surface area contributed by atoms with E-state index in [1.165, 1.54) is 23.0 Å². The van der Waals surface area contributed by atoms with Crippen molar-refractivity contribution < 1.29 is 19.1 Å². The van der Waals surface area contributed by atoms with Crippen molar-refractivity contribution in [2.24, 2.45) is 4.99 Å². The molecule has 0 fully saturated rings. The van der Waals surface area contributed by atoms with Crippen LogP contribution >= 0.6 is 34.5 Å². The molecule has 0 saturated heterocycles. The van der Waals surface area contributed by atoms with Gasteiger partial charge >= 0.3 is 11.9 Å². The Balaban J connectivity index is 1.92. The fourth-order valence-corrected chi connectivity index (χ4v) is 5.13. The minimum Gasteiger partial charge on any atom is -0.465 e. The number of allylic oxidation sites excluding steroid dienone is 1. The summed E-state index contributed by atoms with van der Waals surface area (Å²) >= 11 is 13.3. The summed E-state index contributed by atoms with van der Waals surface area (Å²) in [4.78, 5) is 43.4. The lowest BCUT2D eigenvalue weighted by Crippen LogP contribution is -2.40. The van der Waals surface area contributed by atoms with Crippen LogP contribution < -0.4 is 14.9 Å². The summed E-state index contributed by atoms with van der Waals surface area (Å²) in [7, 11) is 1.30. The summed E-state index contributed by atoms with van der Waals surface area (Å²) < 4.78 is 11.9. The second-order valence-electron chi connectivity index (χ2n) is 7.59. The number of benzene rings is 2. The molecule has 0 radical (unpaired) electrons. The molecule has 10 heteroatoms. The van der Waals surface area contributed by atoms with E-state index in [4.69, 9.17) is 32.7 Å². The molecule has 1 aliphatic heterocycles. The normalized spacial score (nSPS) is 15.5. The maximum atomic E-state index is 13.6. The number of carbonyl (C=O) groups excluding carboxylic acids is 2. The molecule has 0 bridgehead atoms. The van der Waals surface area contributed by atoms with Crippen LogP contribution in [-0.4, -0.2) is 30.2 Å².